The van der Waals surface area contributed by atoms with Crippen molar-refractivity contribution in [3.05, 3.63) is 23.4 Å². The monoisotopic (exact) mass is 331 g/mol. The molecule has 1 aromatic heterocycles. The second-order valence-corrected chi connectivity index (χ2v) is 7.02. The lowest BCUT2D eigenvalue weighted by Crippen LogP contribution is -2.41. The predicted octanol–water partition coefficient (Wildman–Crippen LogP) is 3.00. The number of aryl methyl sites for hydroxylation is 1. The number of anilines is 1. The molecule has 0 bridgehead atoms. The second-order valence-electron chi connectivity index (χ2n) is 7.02. The topological polar surface area (TPSA) is 54.5 Å². The van der Waals surface area contributed by atoms with E-state index in [2.05, 4.69) is 35.1 Å². The molecule has 1 aromatic rings. The Labute approximate surface area is 144 Å². The fraction of sp³-hybridized carbons (Fsp3) is 0.684. The summed E-state index contributed by atoms with van der Waals surface area (Å²) in [6.45, 7) is 8.69. The highest BCUT2D eigenvalue weighted by atomic mass is 16.5. The van der Waals surface area contributed by atoms with Crippen LogP contribution in [0.1, 0.15) is 50.7 Å². The van der Waals surface area contributed by atoms with Crippen LogP contribution in [0.2, 0.25) is 0 Å². The second kappa shape index (κ2) is 7.62. The molecule has 132 valence electrons. The standard InChI is InChI=1S/C19H29N3O2/c1-3-15-13-20-17(21-18(23)19(4-2)6-5-7-19)12-16(15)14-22-8-10-24-11-9-22/h12-13H,3-11,14H2,1-2H3,(H,20,21,23). The first-order valence-electron chi connectivity index (χ1n) is 9.26. The number of ether oxygens (including phenoxy) is 1. The van der Waals surface area contributed by atoms with Crippen molar-refractivity contribution in [1.82, 2.24) is 9.88 Å². The average molecular weight is 331 g/mol. The van der Waals surface area contributed by atoms with Crippen molar-refractivity contribution in [3.63, 3.8) is 0 Å². The number of nitrogens with zero attached hydrogens (tertiary/aromatic N) is 2. The number of carbonyl (C=O) groups excluding carboxylic acids is 1. The van der Waals surface area contributed by atoms with Gasteiger partial charge in [-0.1, -0.05) is 20.3 Å². The fourth-order valence-electron chi connectivity index (χ4n) is 3.65. The summed E-state index contributed by atoms with van der Waals surface area (Å²) >= 11 is 0. The first-order chi connectivity index (χ1) is 11.7. The lowest BCUT2D eigenvalue weighted by Gasteiger charge is -2.39. The third-order valence-electron chi connectivity index (χ3n) is 5.67. The number of carbonyl (C=O) groups is 1. The van der Waals surface area contributed by atoms with Crippen LogP contribution in [0.25, 0.3) is 0 Å². The Balaban J connectivity index is 1.72. The molecule has 1 aliphatic carbocycles. The highest BCUT2D eigenvalue weighted by Gasteiger charge is 2.42. The van der Waals surface area contributed by atoms with Gasteiger partial charge in [0, 0.05) is 31.2 Å². The van der Waals surface area contributed by atoms with Crippen LogP contribution in [-0.4, -0.2) is 42.1 Å². The smallest absolute Gasteiger partial charge is 0.231 e. The molecule has 2 fully saturated rings. The molecule has 2 heterocycles. The van der Waals surface area contributed by atoms with Crippen LogP contribution in [0.3, 0.4) is 0 Å². The van der Waals surface area contributed by atoms with Gasteiger partial charge in [0.1, 0.15) is 5.82 Å². The zero-order valence-corrected chi connectivity index (χ0v) is 14.9. The number of morpholine rings is 1. The number of aromatic nitrogens is 1. The van der Waals surface area contributed by atoms with Crippen LogP contribution in [0.5, 0.6) is 0 Å². The summed E-state index contributed by atoms with van der Waals surface area (Å²) in [6.07, 6.45) is 6.95. The Morgan fingerprint density at radius 2 is 2.04 bits per heavy atom. The number of hydrogen-bond acceptors (Lipinski definition) is 4. The van der Waals surface area contributed by atoms with E-state index in [1.54, 1.807) is 0 Å². The zero-order valence-electron chi connectivity index (χ0n) is 14.9. The van der Waals surface area contributed by atoms with Gasteiger partial charge >= 0.3 is 0 Å². The van der Waals surface area contributed by atoms with Gasteiger partial charge in [-0.25, -0.2) is 4.98 Å². The van der Waals surface area contributed by atoms with E-state index in [1.165, 1.54) is 11.1 Å². The average Bonchev–Trinajstić information content (AvgIpc) is 2.55. The van der Waals surface area contributed by atoms with Crippen LogP contribution >= 0.6 is 0 Å². The van der Waals surface area contributed by atoms with Gasteiger partial charge in [0.05, 0.1) is 13.2 Å². The van der Waals surface area contributed by atoms with Crippen molar-refractivity contribution < 1.29 is 9.53 Å². The minimum atomic E-state index is -0.157. The first-order valence-corrected chi connectivity index (χ1v) is 9.26. The van der Waals surface area contributed by atoms with E-state index in [9.17, 15) is 4.79 Å². The molecule has 3 rings (SSSR count). The third-order valence-corrected chi connectivity index (χ3v) is 5.67. The van der Waals surface area contributed by atoms with E-state index in [0.29, 0.717) is 5.82 Å². The van der Waals surface area contributed by atoms with E-state index in [1.807, 2.05) is 6.20 Å². The van der Waals surface area contributed by atoms with E-state index >= 15 is 0 Å². The molecule has 2 aliphatic rings. The number of hydrogen-bond donors (Lipinski definition) is 1. The van der Waals surface area contributed by atoms with Gasteiger partial charge in [0.15, 0.2) is 0 Å². The lowest BCUT2D eigenvalue weighted by molar-refractivity contribution is -0.130. The molecule has 0 unspecified atom stereocenters. The maximum Gasteiger partial charge on any atom is 0.231 e. The van der Waals surface area contributed by atoms with Crippen LogP contribution in [0.4, 0.5) is 5.82 Å². The van der Waals surface area contributed by atoms with Crippen LogP contribution in [-0.2, 0) is 22.5 Å². The highest BCUT2D eigenvalue weighted by Crippen LogP contribution is 2.44. The molecule has 0 aromatic carbocycles. The fourth-order valence-corrected chi connectivity index (χ4v) is 3.65. The molecule has 5 heteroatoms. The van der Waals surface area contributed by atoms with Crippen molar-refractivity contribution in [1.29, 1.82) is 0 Å². The van der Waals surface area contributed by atoms with Gasteiger partial charge in [0.2, 0.25) is 5.91 Å². The minimum Gasteiger partial charge on any atom is -0.379 e. The van der Waals surface area contributed by atoms with Gasteiger partial charge in [-0.2, -0.15) is 0 Å². The van der Waals surface area contributed by atoms with E-state index in [0.717, 1.165) is 65.0 Å². The van der Waals surface area contributed by atoms with E-state index in [-0.39, 0.29) is 11.3 Å². The Morgan fingerprint density at radius 3 is 2.62 bits per heavy atom. The minimum absolute atomic E-state index is 0.144. The molecular formula is C19H29N3O2. The number of amides is 1. The van der Waals surface area contributed by atoms with Crippen LogP contribution in [0.15, 0.2) is 12.3 Å². The molecule has 0 atom stereocenters. The summed E-state index contributed by atoms with van der Waals surface area (Å²) < 4.78 is 5.43. The van der Waals surface area contributed by atoms with Gasteiger partial charge in [-0.3, -0.25) is 9.69 Å². The Hall–Kier alpha value is -1.46. The summed E-state index contributed by atoms with van der Waals surface area (Å²) in [5.74, 6) is 0.838. The van der Waals surface area contributed by atoms with Gasteiger partial charge in [-0.05, 0) is 42.9 Å². The zero-order chi connectivity index (χ0) is 17.0. The Morgan fingerprint density at radius 1 is 1.29 bits per heavy atom. The quantitative estimate of drug-likeness (QED) is 0.871. The SMILES string of the molecule is CCc1cnc(NC(=O)C2(CC)CCC2)cc1CN1CCOCC1. The van der Waals surface area contributed by atoms with Crippen molar-refractivity contribution in [2.75, 3.05) is 31.6 Å². The number of pyridine rings is 1. The van der Waals surface area contributed by atoms with Crippen molar-refractivity contribution in [2.24, 2.45) is 5.41 Å². The van der Waals surface area contributed by atoms with E-state index < -0.39 is 0 Å². The third kappa shape index (κ3) is 3.62. The maximum atomic E-state index is 12.6. The predicted molar refractivity (Wildman–Crippen MR) is 94.9 cm³/mol. The summed E-state index contributed by atoms with van der Waals surface area (Å²) in [6, 6.07) is 2.06. The number of rotatable bonds is 6. The Kier molecular flexibility index (Phi) is 5.51. The molecule has 1 saturated carbocycles. The van der Waals surface area contributed by atoms with Gasteiger partial charge in [0.25, 0.3) is 0 Å². The first kappa shape index (κ1) is 17.4. The molecule has 5 nitrogen and oxygen atoms in total. The molecule has 0 radical (unpaired) electrons. The molecular weight excluding hydrogens is 302 g/mol. The molecule has 1 aliphatic heterocycles. The van der Waals surface area contributed by atoms with Gasteiger partial charge in [-0.15, -0.1) is 0 Å². The lowest BCUT2D eigenvalue weighted by atomic mass is 9.66. The van der Waals surface area contributed by atoms with Gasteiger partial charge < -0.3 is 10.1 Å². The number of nitrogens with one attached hydrogen (secondary N) is 1. The molecule has 1 amide bonds. The molecule has 1 N–H and O–H groups in total. The Bertz CT molecular complexity index is 572. The molecule has 24 heavy (non-hydrogen) atoms. The highest BCUT2D eigenvalue weighted by molar-refractivity contribution is 5.95. The van der Waals surface area contributed by atoms with Crippen molar-refractivity contribution in [3.8, 4) is 0 Å². The summed E-state index contributed by atoms with van der Waals surface area (Å²) in [4.78, 5) is 19.5. The molecule has 0 spiro atoms. The van der Waals surface area contributed by atoms with Crippen molar-refractivity contribution >= 4 is 11.7 Å². The largest absolute Gasteiger partial charge is 0.379 e. The summed E-state index contributed by atoms with van der Waals surface area (Å²) in [5.41, 5.74) is 2.37. The maximum absolute atomic E-state index is 12.6. The van der Waals surface area contributed by atoms with E-state index in [4.69, 9.17) is 4.74 Å². The van der Waals surface area contributed by atoms with Crippen LogP contribution < -0.4 is 5.32 Å². The summed E-state index contributed by atoms with van der Waals surface area (Å²) in [7, 11) is 0. The van der Waals surface area contributed by atoms with Crippen molar-refractivity contribution in [2.45, 2.75) is 52.5 Å². The van der Waals surface area contributed by atoms with Crippen LogP contribution in [0, 0.1) is 5.41 Å². The molecule has 1 saturated heterocycles. The summed E-state index contributed by atoms with van der Waals surface area (Å²) in [5, 5.41) is 3.07. The normalized spacial score (nSPS) is 20.4.